The summed E-state index contributed by atoms with van der Waals surface area (Å²) in [5.74, 6) is 0.561. The van der Waals surface area contributed by atoms with E-state index in [1.807, 2.05) is 34.9 Å². The Hall–Kier alpha value is -3.62. The standard InChI is InChI=1S/C18H16N8O/c27-18(15-9-20-13-3-1-2-4-14(13)23-15)22-12-5-7-25(10-12)16-17-24-21-11-26(17)8-6-19-16/h1-4,6,8-9,11-12H,5,7,10H2,(H,22,27)/t12-/m1/s1. The first kappa shape index (κ1) is 15.6. The van der Waals surface area contributed by atoms with Gasteiger partial charge in [0, 0.05) is 31.5 Å². The van der Waals surface area contributed by atoms with Gasteiger partial charge in [-0.2, -0.15) is 0 Å². The maximum absolute atomic E-state index is 12.6. The molecule has 1 aromatic carbocycles. The van der Waals surface area contributed by atoms with Crippen LogP contribution in [-0.4, -0.2) is 54.6 Å². The first-order valence-electron chi connectivity index (χ1n) is 8.70. The lowest BCUT2D eigenvalue weighted by atomic mass is 10.2. The molecule has 1 amide bonds. The highest BCUT2D eigenvalue weighted by Gasteiger charge is 2.27. The molecule has 0 unspecified atom stereocenters. The van der Waals surface area contributed by atoms with Crippen molar-refractivity contribution in [3.8, 4) is 0 Å². The number of carbonyl (C=O) groups excluding carboxylic acids is 1. The monoisotopic (exact) mass is 360 g/mol. The second kappa shape index (κ2) is 6.27. The number of aromatic nitrogens is 6. The summed E-state index contributed by atoms with van der Waals surface area (Å²) < 4.78 is 1.83. The zero-order valence-electron chi connectivity index (χ0n) is 14.4. The summed E-state index contributed by atoms with van der Waals surface area (Å²) in [6.07, 6.45) is 7.52. The van der Waals surface area contributed by atoms with Crippen molar-refractivity contribution < 1.29 is 4.79 Å². The van der Waals surface area contributed by atoms with Gasteiger partial charge in [0.2, 0.25) is 5.65 Å². The molecule has 4 heterocycles. The molecule has 4 aromatic rings. The van der Waals surface area contributed by atoms with Crippen LogP contribution in [0.5, 0.6) is 0 Å². The van der Waals surface area contributed by atoms with Gasteiger partial charge in [-0.3, -0.25) is 14.2 Å². The van der Waals surface area contributed by atoms with Gasteiger partial charge in [0.25, 0.3) is 5.91 Å². The van der Waals surface area contributed by atoms with Crippen LogP contribution in [0, 0.1) is 0 Å². The predicted octanol–water partition coefficient (Wildman–Crippen LogP) is 1.08. The fourth-order valence-corrected chi connectivity index (χ4v) is 3.36. The summed E-state index contributed by atoms with van der Waals surface area (Å²) in [6.45, 7) is 1.44. The molecular weight excluding hydrogens is 344 g/mol. The molecule has 27 heavy (non-hydrogen) atoms. The van der Waals surface area contributed by atoms with Crippen LogP contribution < -0.4 is 10.2 Å². The Morgan fingerprint density at radius 2 is 2.07 bits per heavy atom. The van der Waals surface area contributed by atoms with Gasteiger partial charge in [0.1, 0.15) is 12.0 Å². The number of amides is 1. The summed E-state index contributed by atoms with van der Waals surface area (Å²) >= 11 is 0. The molecule has 9 heteroatoms. The van der Waals surface area contributed by atoms with E-state index >= 15 is 0 Å². The number of rotatable bonds is 3. The Labute approximate surface area is 154 Å². The number of hydrogen-bond donors (Lipinski definition) is 1. The number of benzene rings is 1. The SMILES string of the molecule is O=C(N[C@@H]1CCN(c2nccn3cnnc23)C1)c1cnc2ccccc2n1. The lowest BCUT2D eigenvalue weighted by Gasteiger charge is -2.18. The molecule has 1 aliphatic heterocycles. The maximum atomic E-state index is 12.6. The van der Waals surface area contributed by atoms with Crippen molar-refractivity contribution in [3.05, 3.63) is 54.9 Å². The average molecular weight is 360 g/mol. The van der Waals surface area contributed by atoms with Crippen LogP contribution >= 0.6 is 0 Å². The van der Waals surface area contributed by atoms with Gasteiger partial charge < -0.3 is 10.2 Å². The molecule has 1 saturated heterocycles. The van der Waals surface area contributed by atoms with E-state index in [2.05, 4.69) is 35.4 Å². The molecule has 1 atom stereocenters. The molecule has 0 spiro atoms. The van der Waals surface area contributed by atoms with Crippen molar-refractivity contribution in [2.45, 2.75) is 12.5 Å². The van der Waals surface area contributed by atoms with Gasteiger partial charge in [-0.15, -0.1) is 10.2 Å². The largest absolute Gasteiger partial charge is 0.351 e. The highest BCUT2D eigenvalue weighted by atomic mass is 16.2. The van der Waals surface area contributed by atoms with Gasteiger partial charge in [-0.1, -0.05) is 12.1 Å². The third kappa shape index (κ3) is 2.82. The molecule has 1 aliphatic rings. The lowest BCUT2D eigenvalue weighted by molar-refractivity contribution is 0.0935. The zero-order valence-corrected chi connectivity index (χ0v) is 14.4. The number of carbonyl (C=O) groups is 1. The van der Waals surface area contributed by atoms with Crippen molar-refractivity contribution in [3.63, 3.8) is 0 Å². The van der Waals surface area contributed by atoms with Crippen LogP contribution in [-0.2, 0) is 0 Å². The molecule has 134 valence electrons. The van der Waals surface area contributed by atoms with Crippen LogP contribution in [0.2, 0.25) is 0 Å². The van der Waals surface area contributed by atoms with E-state index in [-0.39, 0.29) is 11.9 Å². The number of nitrogens with zero attached hydrogens (tertiary/aromatic N) is 7. The first-order chi connectivity index (χ1) is 13.3. The fourth-order valence-electron chi connectivity index (χ4n) is 3.36. The third-order valence-electron chi connectivity index (χ3n) is 4.70. The smallest absolute Gasteiger partial charge is 0.271 e. The second-order valence-corrected chi connectivity index (χ2v) is 6.46. The summed E-state index contributed by atoms with van der Waals surface area (Å²) in [5, 5.41) is 11.1. The maximum Gasteiger partial charge on any atom is 0.271 e. The van der Waals surface area contributed by atoms with Gasteiger partial charge in [-0.05, 0) is 18.6 Å². The average Bonchev–Trinajstić information content (AvgIpc) is 3.36. The van der Waals surface area contributed by atoms with Crippen LogP contribution in [0.15, 0.2) is 49.2 Å². The van der Waals surface area contributed by atoms with Crippen molar-refractivity contribution in [1.82, 2.24) is 34.9 Å². The van der Waals surface area contributed by atoms with E-state index in [0.29, 0.717) is 23.4 Å². The highest BCUT2D eigenvalue weighted by Crippen LogP contribution is 2.21. The molecule has 5 rings (SSSR count). The molecule has 1 fully saturated rings. The minimum Gasteiger partial charge on any atom is -0.351 e. The zero-order chi connectivity index (χ0) is 18.2. The van der Waals surface area contributed by atoms with Crippen molar-refractivity contribution in [2.75, 3.05) is 18.0 Å². The van der Waals surface area contributed by atoms with E-state index in [1.54, 1.807) is 12.5 Å². The number of fused-ring (bicyclic) bond motifs is 2. The van der Waals surface area contributed by atoms with Crippen LogP contribution in [0.4, 0.5) is 5.82 Å². The molecule has 0 aliphatic carbocycles. The minimum absolute atomic E-state index is 0.00995. The Balaban J connectivity index is 1.31. The van der Waals surface area contributed by atoms with Gasteiger partial charge in [-0.25, -0.2) is 9.97 Å². The molecule has 1 N–H and O–H groups in total. The van der Waals surface area contributed by atoms with E-state index in [4.69, 9.17) is 0 Å². The Bertz CT molecular complexity index is 1140. The highest BCUT2D eigenvalue weighted by molar-refractivity contribution is 5.94. The van der Waals surface area contributed by atoms with Crippen molar-refractivity contribution in [2.24, 2.45) is 0 Å². The molecule has 0 radical (unpaired) electrons. The van der Waals surface area contributed by atoms with E-state index < -0.39 is 0 Å². The number of hydrogen-bond acceptors (Lipinski definition) is 7. The molecule has 3 aromatic heterocycles. The fraction of sp³-hybridized carbons (Fsp3) is 0.222. The van der Waals surface area contributed by atoms with E-state index in [9.17, 15) is 4.79 Å². The van der Waals surface area contributed by atoms with Crippen LogP contribution in [0.3, 0.4) is 0 Å². The van der Waals surface area contributed by atoms with Gasteiger partial charge in [0.15, 0.2) is 5.82 Å². The minimum atomic E-state index is -0.214. The molecule has 0 bridgehead atoms. The van der Waals surface area contributed by atoms with E-state index in [1.165, 1.54) is 6.20 Å². The van der Waals surface area contributed by atoms with Gasteiger partial charge >= 0.3 is 0 Å². The van der Waals surface area contributed by atoms with Crippen molar-refractivity contribution in [1.29, 1.82) is 0 Å². The Kier molecular flexibility index (Phi) is 3.63. The van der Waals surface area contributed by atoms with Crippen LogP contribution in [0.1, 0.15) is 16.9 Å². The summed E-state index contributed by atoms with van der Waals surface area (Å²) in [7, 11) is 0. The van der Waals surface area contributed by atoms with Crippen LogP contribution in [0.25, 0.3) is 16.7 Å². The molecular formula is C18H16N8O. The van der Waals surface area contributed by atoms with Crippen molar-refractivity contribution >= 4 is 28.4 Å². The summed E-state index contributed by atoms with van der Waals surface area (Å²) in [4.78, 5) is 27.8. The topological polar surface area (TPSA) is 101 Å². The summed E-state index contributed by atoms with van der Waals surface area (Å²) in [5.41, 5.74) is 2.52. The quantitative estimate of drug-likeness (QED) is 0.583. The van der Waals surface area contributed by atoms with E-state index in [0.717, 1.165) is 24.3 Å². The molecule has 0 saturated carbocycles. The predicted molar refractivity (Wildman–Crippen MR) is 98.4 cm³/mol. The third-order valence-corrected chi connectivity index (χ3v) is 4.70. The number of para-hydroxylation sites is 2. The number of nitrogens with one attached hydrogen (secondary N) is 1. The molecule has 9 nitrogen and oxygen atoms in total. The Morgan fingerprint density at radius 3 is 3.00 bits per heavy atom. The first-order valence-corrected chi connectivity index (χ1v) is 8.70. The summed E-state index contributed by atoms with van der Waals surface area (Å²) in [6, 6.07) is 7.51. The normalized spacial score (nSPS) is 16.9. The van der Waals surface area contributed by atoms with Gasteiger partial charge in [0.05, 0.1) is 17.2 Å². The Morgan fingerprint density at radius 1 is 1.19 bits per heavy atom. The second-order valence-electron chi connectivity index (χ2n) is 6.46. The number of anilines is 1. The lowest BCUT2D eigenvalue weighted by Crippen LogP contribution is -2.37.